The summed E-state index contributed by atoms with van der Waals surface area (Å²) in [5.74, 6) is 0.857. The van der Waals surface area contributed by atoms with Gasteiger partial charge < -0.3 is 45.0 Å². The van der Waals surface area contributed by atoms with E-state index in [1.54, 1.807) is 30.6 Å². The fourth-order valence-corrected chi connectivity index (χ4v) is 12.0. The molecule has 8 aromatic heterocycles. The number of para-hydroxylation sites is 3. The third kappa shape index (κ3) is 35.7. The third-order valence-electron chi connectivity index (χ3n) is 15.8. The molecule has 0 aliphatic carbocycles. The molecule has 8 aromatic carbocycles. The number of allylic oxidation sites excluding steroid dienone is 2. The molecule has 0 unspecified atom stereocenters. The van der Waals surface area contributed by atoms with Crippen LogP contribution in [0.2, 0.25) is 0 Å². The van der Waals surface area contributed by atoms with Crippen molar-refractivity contribution in [1.82, 2.24) is 54.9 Å². The number of aliphatic hydroxyl groups is 1. The summed E-state index contributed by atoms with van der Waals surface area (Å²) in [5.41, 5.74) is 16.1. The van der Waals surface area contributed by atoms with E-state index in [4.69, 9.17) is 10.1 Å². The van der Waals surface area contributed by atoms with Crippen molar-refractivity contribution in [3.8, 4) is 73.6 Å². The van der Waals surface area contributed by atoms with Crippen LogP contribution in [0.5, 0.6) is 0 Å². The molecule has 23 heteroatoms. The van der Waals surface area contributed by atoms with Gasteiger partial charge in [-0.1, -0.05) is 139 Å². The van der Waals surface area contributed by atoms with Gasteiger partial charge in [-0.2, -0.15) is 13.2 Å². The number of carbonyl (C=O) groups excluding carboxylic acids is 1. The first-order valence-electron chi connectivity index (χ1n) is 35.8. The van der Waals surface area contributed by atoms with Crippen LogP contribution < -0.4 is 20.8 Å². The number of imidazole rings is 1. The van der Waals surface area contributed by atoms with Gasteiger partial charge in [0.15, 0.2) is 5.78 Å². The molecule has 0 saturated heterocycles. The van der Waals surface area contributed by atoms with Crippen LogP contribution >= 0.6 is 15.8 Å². The molecule has 0 amide bonds. The summed E-state index contributed by atoms with van der Waals surface area (Å²) >= 11 is 0. The van der Waals surface area contributed by atoms with Crippen molar-refractivity contribution in [1.29, 1.82) is 0 Å². The Morgan fingerprint density at radius 1 is 0.436 bits per heavy atom. The van der Waals surface area contributed by atoms with Crippen LogP contribution in [0.3, 0.4) is 0 Å². The smallest absolute Gasteiger partial charge is 0.574 e. The van der Waals surface area contributed by atoms with Crippen molar-refractivity contribution in [3.05, 3.63) is 392 Å². The number of ketones is 1. The molecule has 0 spiro atoms. The number of halogens is 3. The van der Waals surface area contributed by atoms with Gasteiger partial charge in [-0.25, -0.2) is 0 Å². The first-order valence-corrected chi connectivity index (χ1v) is 40.8. The molecule has 4 radical (unpaired) electrons. The Hall–Kier alpha value is -9.51. The average Bonchev–Trinajstić information content (AvgIpc) is 1.62. The van der Waals surface area contributed by atoms with Crippen molar-refractivity contribution in [3.63, 3.8) is 0 Å². The Kier molecular flexibility index (Phi) is 48.0. The number of aryl methyl sites for hydroxylation is 4. The van der Waals surface area contributed by atoms with E-state index in [1.807, 2.05) is 195 Å². The zero-order valence-electron chi connectivity index (χ0n) is 65.8. The second-order valence-corrected chi connectivity index (χ2v) is 30.5. The number of benzene rings is 8. The normalized spacial score (nSPS) is 10.0. The predicted molar refractivity (Wildman–Crippen MR) is 456 cm³/mol. The molecule has 1 N–H and O–H groups in total. The molecule has 0 fully saturated rings. The zero-order valence-corrected chi connectivity index (χ0v) is 80.0. The second kappa shape index (κ2) is 55.2. The van der Waals surface area contributed by atoms with Crippen LogP contribution in [0.4, 0.5) is 13.2 Å². The maximum Gasteiger partial charge on any atom is 2.00 e. The van der Waals surface area contributed by atoms with Crippen LogP contribution in [-0.4, -0.2) is 82.2 Å². The number of nitrogens with zero attached hydrogens (tertiary/aromatic N) is 11. The summed E-state index contributed by atoms with van der Waals surface area (Å²) in [4.78, 5) is 35.7. The van der Waals surface area contributed by atoms with Gasteiger partial charge in [0.2, 0.25) is 0 Å². The summed E-state index contributed by atoms with van der Waals surface area (Å²) < 4.78 is 38.8. The van der Waals surface area contributed by atoms with Gasteiger partial charge >= 0.3 is 26.0 Å². The van der Waals surface area contributed by atoms with Gasteiger partial charge in [0.1, 0.15) is 5.69 Å². The summed E-state index contributed by atoms with van der Waals surface area (Å²) in [6.45, 7) is 20.2. The molecule has 13 nitrogen and oxygen atoms in total. The largest absolute Gasteiger partial charge is 2.00 e. The zero-order chi connectivity index (χ0) is 79.9. The molecule has 0 bridgehead atoms. The molecule has 0 atom stereocenters. The number of carbonyl (C=O) groups is 1. The van der Waals surface area contributed by atoms with Gasteiger partial charge in [0, 0.05) is 156 Å². The SMILES string of the molecule is CC(=O)C=C(C)O.C[PH+](C)c1ccccc1.C[PH+](C)c1ccccc1.Cc1cc(-c2ccccn2)[n-]n1.Cc1cc[c-]c(-c2cc(C)ccn2)c1.Cc1cccnc1-c1[c-]cccc1.FC(F)(F)c1cc(-c2ccccn2)[n-]n1.[Ir].[Ir].[Ir].[Ir].[Os+2].[c-]1ccccc1-c1ccccn1.[c-]1ccccc1-c1nc2ccccc2n1-c1ccccc1. The van der Waals surface area contributed by atoms with Gasteiger partial charge in [-0.05, 0) is 149 Å². The minimum Gasteiger partial charge on any atom is -0.574 e. The summed E-state index contributed by atoms with van der Waals surface area (Å²) in [7, 11) is -0.424. The summed E-state index contributed by atoms with van der Waals surface area (Å²) in [5, 5.41) is 25.7. The van der Waals surface area contributed by atoms with Gasteiger partial charge in [0.05, 0.1) is 59.9 Å². The molecular weight excluding hydrogens is 2390 g/mol. The molecule has 117 heavy (non-hydrogen) atoms. The van der Waals surface area contributed by atoms with E-state index < -0.39 is 11.9 Å². The molecule has 0 aliphatic rings. The van der Waals surface area contributed by atoms with Crippen LogP contribution in [0.15, 0.2) is 340 Å². The maximum atomic E-state index is 12.2. The van der Waals surface area contributed by atoms with Crippen molar-refractivity contribution < 1.29 is 123 Å². The first-order chi connectivity index (χ1) is 54.2. The van der Waals surface area contributed by atoms with Crippen LogP contribution in [0, 0.1) is 52.0 Å². The summed E-state index contributed by atoms with van der Waals surface area (Å²) in [6, 6.07) is 110. The molecule has 8 heterocycles. The molecular formula is C94H88F3Ir4N11O2OsP2-2. The van der Waals surface area contributed by atoms with Crippen molar-refractivity contribution in [2.75, 3.05) is 26.7 Å². The number of rotatable bonds is 10. The Balaban J connectivity index is 0.000000344. The van der Waals surface area contributed by atoms with Gasteiger partial charge in [0.25, 0.3) is 0 Å². The molecule has 16 aromatic rings. The average molecular weight is 2480 g/mol. The van der Waals surface area contributed by atoms with Gasteiger partial charge in [-0.15, -0.1) is 143 Å². The molecule has 608 valence electrons. The van der Waals surface area contributed by atoms with E-state index in [9.17, 15) is 18.0 Å². The van der Waals surface area contributed by atoms with E-state index in [2.05, 4.69) is 219 Å². The summed E-state index contributed by atoms with van der Waals surface area (Å²) in [6.07, 6.45) is 5.37. The van der Waals surface area contributed by atoms with Crippen molar-refractivity contribution in [2.45, 2.75) is 47.7 Å². The standard InChI is InChI=1S/C19H13N2.C13H12N.C12H10N.C11H8N.C9H5F3N3.C9H8N3.2C8H11P.C5H8O2.4Ir.Os/c1-3-9-15(10-4-1)19-20-17-13-7-8-14-18(17)21(19)16-11-5-2-6-12-16;1-10-4-3-5-12(8-10)13-9-11(2)6-7-14-13;1-10-6-5-9-13-12(10)11-7-3-2-4-8-11;1-2-6-10(7-3-1)11-8-4-5-9-12-11;10-9(11,12)8-5-7(14-15-8)6-3-1-2-4-13-6;1-7-6-9(12-11-7)8-4-2-3-5-10-8;2*1-9(2)8-6-4-3-5-7-8;1-4(6)3-5(2)7;;;;;/h1-9,11-14H;3-4,6-9H,1-2H3;2-7,9H,1H3;1-6,8-9H;1-5H;2-6H,1H3;2*3-7H,1-2H3;3,6H,1-2H3;;;;;/q6*-1;;;;;;;;+2/p+2. The third-order valence-corrected chi connectivity index (χ3v) is 18.7. The monoisotopic (exact) mass is 2490 g/mol. The fraction of sp³-hybridized carbons (Fsp3) is 0.117. The Morgan fingerprint density at radius 2 is 0.889 bits per heavy atom. The number of aliphatic hydroxyl groups excluding tert-OH is 1. The molecule has 16 rings (SSSR count). The number of alkyl halides is 3. The first kappa shape index (κ1) is 102. The predicted octanol–water partition coefficient (Wildman–Crippen LogP) is 21.2. The second-order valence-electron chi connectivity index (χ2n) is 25.3. The number of fused-ring (bicyclic) bond motifs is 1. The van der Waals surface area contributed by atoms with E-state index >= 15 is 0 Å². The van der Waals surface area contributed by atoms with E-state index in [0.29, 0.717) is 5.69 Å². The number of pyridine rings is 5. The number of aromatic nitrogens is 11. The Bertz CT molecular complexity index is 5280. The van der Waals surface area contributed by atoms with Crippen LogP contribution in [0.25, 0.3) is 84.7 Å². The topological polar surface area (TPSA) is 174 Å². The van der Waals surface area contributed by atoms with Crippen LogP contribution in [0.1, 0.15) is 41.9 Å². The Labute approximate surface area is 754 Å². The number of hydrogen-bond donors (Lipinski definition) is 1. The fourth-order valence-electron chi connectivity index (χ4n) is 10.3. The quantitative estimate of drug-likeness (QED) is 0.0595. The minimum atomic E-state index is -4.46. The molecule has 0 saturated carbocycles. The Morgan fingerprint density at radius 3 is 1.32 bits per heavy atom. The van der Waals surface area contributed by atoms with E-state index in [0.717, 1.165) is 85.0 Å². The minimum absolute atomic E-state index is 0. The van der Waals surface area contributed by atoms with Crippen LogP contribution in [-0.2, 0) is 111 Å². The van der Waals surface area contributed by atoms with Crippen molar-refractivity contribution in [2.24, 2.45) is 0 Å². The van der Waals surface area contributed by atoms with Gasteiger partial charge in [-0.3, -0.25) is 19.7 Å². The molecule has 0 aliphatic heterocycles. The van der Waals surface area contributed by atoms with E-state index in [1.165, 1.54) is 53.4 Å². The number of hydrogen-bond acceptors (Lipinski definition) is 10. The van der Waals surface area contributed by atoms with E-state index in [-0.39, 0.29) is 133 Å². The maximum absolute atomic E-state index is 12.2. The van der Waals surface area contributed by atoms with Crippen molar-refractivity contribution >= 4 is 43.3 Å².